The van der Waals surface area contributed by atoms with Crippen LogP contribution >= 0.6 is 15.9 Å². The zero-order valence-electron chi connectivity index (χ0n) is 12.6. The van der Waals surface area contributed by atoms with Crippen molar-refractivity contribution in [3.8, 4) is 5.75 Å². The van der Waals surface area contributed by atoms with Crippen LogP contribution in [0.25, 0.3) is 0 Å². The molecule has 0 radical (unpaired) electrons. The number of benzene rings is 1. The molecule has 0 heterocycles. The molecule has 1 aliphatic carbocycles. The molecule has 21 heavy (non-hydrogen) atoms. The van der Waals surface area contributed by atoms with Crippen molar-refractivity contribution >= 4 is 26.0 Å². The van der Waals surface area contributed by atoms with Crippen LogP contribution < -0.4 is 9.46 Å². The quantitative estimate of drug-likeness (QED) is 0.874. The lowest BCUT2D eigenvalue weighted by molar-refractivity contribution is 0.242. The Bertz CT molecular complexity index is 603. The Morgan fingerprint density at radius 3 is 2.52 bits per heavy atom. The molecule has 3 unspecified atom stereocenters. The van der Waals surface area contributed by atoms with E-state index in [1.165, 1.54) is 0 Å². The molecule has 6 heteroatoms. The maximum absolute atomic E-state index is 12.5. The van der Waals surface area contributed by atoms with Gasteiger partial charge in [0.2, 0.25) is 10.0 Å². The highest BCUT2D eigenvalue weighted by molar-refractivity contribution is 9.10. The van der Waals surface area contributed by atoms with Crippen LogP contribution in [-0.2, 0) is 10.0 Å². The Morgan fingerprint density at radius 2 is 1.95 bits per heavy atom. The molecule has 1 aromatic rings. The maximum Gasteiger partial charge on any atom is 0.240 e. The normalized spacial score (nSPS) is 26.6. The summed E-state index contributed by atoms with van der Waals surface area (Å²) in [7, 11) is -1.93. The highest BCUT2D eigenvalue weighted by Crippen LogP contribution is 2.31. The van der Waals surface area contributed by atoms with E-state index in [0.717, 1.165) is 19.3 Å². The summed E-state index contributed by atoms with van der Waals surface area (Å²) in [6.45, 7) is 4.42. The van der Waals surface area contributed by atoms with Crippen molar-refractivity contribution in [3.05, 3.63) is 22.7 Å². The minimum Gasteiger partial charge on any atom is -0.496 e. The summed E-state index contributed by atoms with van der Waals surface area (Å²) < 4.78 is 33.5. The van der Waals surface area contributed by atoms with Crippen molar-refractivity contribution in [1.82, 2.24) is 4.72 Å². The number of methoxy groups -OCH3 is 1. The van der Waals surface area contributed by atoms with Gasteiger partial charge in [0.05, 0.1) is 16.5 Å². The summed E-state index contributed by atoms with van der Waals surface area (Å²) in [6.07, 6.45) is 2.88. The average molecular weight is 376 g/mol. The molecule has 0 amide bonds. The maximum atomic E-state index is 12.5. The monoisotopic (exact) mass is 375 g/mol. The smallest absolute Gasteiger partial charge is 0.240 e. The van der Waals surface area contributed by atoms with Gasteiger partial charge in [0.15, 0.2) is 0 Å². The van der Waals surface area contributed by atoms with E-state index < -0.39 is 10.0 Å². The zero-order chi connectivity index (χ0) is 15.6. The van der Waals surface area contributed by atoms with Crippen LogP contribution in [0.15, 0.2) is 27.6 Å². The van der Waals surface area contributed by atoms with Crippen LogP contribution in [-0.4, -0.2) is 21.6 Å². The minimum absolute atomic E-state index is 0.0297. The van der Waals surface area contributed by atoms with Crippen LogP contribution in [0, 0.1) is 11.8 Å². The van der Waals surface area contributed by atoms with Gasteiger partial charge in [-0.1, -0.05) is 13.8 Å². The van der Waals surface area contributed by atoms with Crippen molar-refractivity contribution in [3.63, 3.8) is 0 Å². The molecule has 0 saturated heterocycles. The standard InChI is InChI=1S/C15H22BrNO3S/c1-10-4-5-12(8-11(10)2)17-21(18,19)13-6-7-15(20-3)14(16)9-13/h6-7,9-12,17H,4-5,8H2,1-3H3. The molecular formula is C15H22BrNO3S. The third kappa shape index (κ3) is 3.99. The number of hydrogen-bond donors (Lipinski definition) is 1. The number of nitrogens with one attached hydrogen (secondary N) is 1. The third-order valence-electron chi connectivity index (χ3n) is 4.35. The number of rotatable bonds is 4. The zero-order valence-corrected chi connectivity index (χ0v) is 15.0. The first-order valence-electron chi connectivity index (χ1n) is 7.19. The fraction of sp³-hybridized carbons (Fsp3) is 0.600. The largest absolute Gasteiger partial charge is 0.496 e. The molecule has 4 nitrogen and oxygen atoms in total. The fourth-order valence-corrected chi connectivity index (χ4v) is 4.76. The van der Waals surface area contributed by atoms with E-state index in [0.29, 0.717) is 22.1 Å². The van der Waals surface area contributed by atoms with Crippen LogP contribution in [0.1, 0.15) is 33.1 Å². The first-order chi connectivity index (χ1) is 9.83. The highest BCUT2D eigenvalue weighted by atomic mass is 79.9. The molecule has 0 bridgehead atoms. The number of ether oxygens (including phenoxy) is 1. The van der Waals surface area contributed by atoms with Gasteiger partial charge in [-0.2, -0.15) is 0 Å². The lowest BCUT2D eigenvalue weighted by atomic mass is 9.79. The van der Waals surface area contributed by atoms with Gasteiger partial charge in [-0.25, -0.2) is 13.1 Å². The second kappa shape index (κ2) is 6.67. The molecule has 118 valence electrons. The van der Waals surface area contributed by atoms with Gasteiger partial charge < -0.3 is 4.74 Å². The molecule has 1 aromatic carbocycles. The molecule has 1 N–H and O–H groups in total. The Hall–Kier alpha value is -0.590. The van der Waals surface area contributed by atoms with Crippen molar-refractivity contribution in [2.45, 2.75) is 44.0 Å². The van der Waals surface area contributed by atoms with Gasteiger partial charge in [-0.3, -0.25) is 0 Å². The molecule has 0 spiro atoms. The molecule has 1 saturated carbocycles. The van der Waals surface area contributed by atoms with Crippen molar-refractivity contribution in [2.24, 2.45) is 11.8 Å². The number of hydrogen-bond acceptors (Lipinski definition) is 3. The molecular weight excluding hydrogens is 354 g/mol. The van der Waals surface area contributed by atoms with Crippen molar-refractivity contribution < 1.29 is 13.2 Å². The third-order valence-corrected chi connectivity index (χ3v) is 6.49. The summed E-state index contributed by atoms with van der Waals surface area (Å²) >= 11 is 3.33. The van der Waals surface area contributed by atoms with Crippen LogP contribution in [0.5, 0.6) is 5.75 Å². The Balaban J connectivity index is 2.13. The second-order valence-electron chi connectivity index (χ2n) is 5.88. The highest BCUT2D eigenvalue weighted by Gasteiger charge is 2.28. The van der Waals surface area contributed by atoms with E-state index >= 15 is 0 Å². The van der Waals surface area contributed by atoms with E-state index in [1.807, 2.05) is 0 Å². The summed E-state index contributed by atoms with van der Waals surface area (Å²) in [5, 5.41) is 0. The fourth-order valence-electron chi connectivity index (χ4n) is 2.76. The molecule has 1 aliphatic rings. The van der Waals surface area contributed by atoms with Gasteiger partial charge >= 0.3 is 0 Å². The van der Waals surface area contributed by atoms with Gasteiger partial charge in [-0.05, 0) is 65.2 Å². The van der Waals surface area contributed by atoms with Gasteiger partial charge in [0.25, 0.3) is 0 Å². The Labute approximate surface area is 135 Å². The lowest BCUT2D eigenvalue weighted by Crippen LogP contribution is -2.39. The van der Waals surface area contributed by atoms with Gasteiger partial charge in [0, 0.05) is 6.04 Å². The van der Waals surface area contributed by atoms with Gasteiger partial charge in [-0.15, -0.1) is 0 Å². The number of halogens is 1. The molecule has 2 rings (SSSR count). The average Bonchev–Trinajstić information content (AvgIpc) is 2.42. The predicted molar refractivity (Wildman–Crippen MR) is 87.0 cm³/mol. The topological polar surface area (TPSA) is 55.4 Å². The van der Waals surface area contributed by atoms with Gasteiger partial charge in [0.1, 0.15) is 5.75 Å². The van der Waals surface area contributed by atoms with E-state index in [4.69, 9.17) is 4.74 Å². The molecule has 0 aromatic heterocycles. The number of sulfonamides is 1. The van der Waals surface area contributed by atoms with Crippen molar-refractivity contribution in [2.75, 3.05) is 7.11 Å². The SMILES string of the molecule is COc1ccc(S(=O)(=O)NC2CCC(C)C(C)C2)cc1Br. The summed E-state index contributed by atoms with van der Waals surface area (Å²) in [5.41, 5.74) is 0. The van der Waals surface area contributed by atoms with Crippen molar-refractivity contribution in [1.29, 1.82) is 0 Å². The minimum atomic E-state index is -3.48. The van der Waals surface area contributed by atoms with Crippen LogP contribution in [0.4, 0.5) is 0 Å². The first kappa shape index (κ1) is 16.8. The molecule has 1 fully saturated rings. The molecule has 0 aliphatic heterocycles. The predicted octanol–water partition coefficient (Wildman–Crippen LogP) is 3.56. The Morgan fingerprint density at radius 1 is 1.24 bits per heavy atom. The van der Waals surface area contributed by atoms with Crippen LogP contribution in [0.3, 0.4) is 0 Å². The van der Waals surface area contributed by atoms with E-state index in [1.54, 1.807) is 25.3 Å². The van der Waals surface area contributed by atoms with Crippen LogP contribution in [0.2, 0.25) is 0 Å². The van der Waals surface area contributed by atoms with E-state index in [2.05, 4.69) is 34.5 Å². The van der Waals surface area contributed by atoms with E-state index in [9.17, 15) is 8.42 Å². The summed E-state index contributed by atoms with van der Waals surface area (Å²) in [6, 6.07) is 4.84. The second-order valence-corrected chi connectivity index (χ2v) is 8.45. The molecule has 3 atom stereocenters. The first-order valence-corrected chi connectivity index (χ1v) is 9.47. The summed E-state index contributed by atoms with van der Waals surface area (Å²) in [5.74, 6) is 1.84. The summed E-state index contributed by atoms with van der Waals surface area (Å²) in [4.78, 5) is 0.265. The Kier molecular flexibility index (Phi) is 5.33. The van der Waals surface area contributed by atoms with E-state index in [-0.39, 0.29) is 10.9 Å². The lowest BCUT2D eigenvalue weighted by Gasteiger charge is -2.32.